The number of benzene rings is 2. The number of rotatable bonds is 13. The average molecular weight is 599 g/mol. The minimum absolute atomic E-state index is 0.0156. The fourth-order valence-corrected chi connectivity index (χ4v) is 5.46. The molecule has 1 N–H and O–H groups in total. The summed E-state index contributed by atoms with van der Waals surface area (Å²) >= 11 is 6.61. The second-order valence-corrected chi connectivity index (χ2v) is 10.7. The van der Waals surface area contributed by atoms with Crippen molar-refractivity contribution >= 4 is 17.4 Å². The van der Waals surface area contributed by atoms with Crippen LogP contribution in [0, 0.1) is 5.21 Å². The topological polar surface area (TPSA) is 120 Å². The molecule has 5 aromatic rings. The molecule has 0 aliphatic heterocycles. The van der Waals surface area contributed by atoms with Crippen molar-refractivity contribution in [1.29, 1.82) is 0 Å². The summed E-state index contributed by atoms with van der Waals surface area (Å²) < 4.78 is 2.50. The number of carbonyl (C=O) groups excluding carboxylic acids is 1. The summed E-state index contributed by atoms with van der Waals surface area (Å²) in [7, 11) is 0. The molecule has 0 aliphatic carbocycles. The minimum atomic E-state index is -0.449. The molecule has 0 radical (unpaired) electrons. The van der Waals surface area contributed by atoms with Gasteiger partial charge in [0.2, 0.25) is 5.82 Å². The number of nitrogens with one attached hydrogen (secondary N) is 1. The van der Waals surface area contributed by atoms with Crippen LogP contribution in [0.4, 0.5) is 0 Å². The monoisotopic (exact) mass is 598 g/mol. The normalized spacial score (nSPS) is 11.4. The van der Waals surface area contributed by atoms with E-state index in [-0.39, 0.29) is 16.5 Å². The van der Waals surface area contributed by atoms with Crippen molar-refractivity contribution in [3.05, 3.63) is 106 Å². The molecule has 0 amide bonds. The van der Waals surface area contributed by atoms with Crippen LogP contribution in [0.5, 0.6) is 0 Å². The minimum Gasteiger partial charge on any atom is -0.618 e. The van der Waals surface area contributed by atoms with E-state index in [1.54, 1.807) is 6.07 Å². The molecule has 2 aromatic carbocycles. The standard InChI is InChI=1S/C32H35ClN8O2/c1-4-7-12-28-34-31(33)29(30(42)27-18-15-23(21-41(27)43)19-39(5-2)6-3)40(28)20-22-13-16-24(17-14-22)25-10-8-9-11-26(25)32-35-37-38-36-32/h8-11,13-18,21H,4-7,12,19-20H2,1-3H3,(H,35,36,37,38). The molecule has 0 bridgehead atoms. The lowest BCUT2D eigenvalue weighted by atomic mass is 9.98. The van der Waals surface area contributed by atoms with Crippen molar-refractivity contribution < 1.29 is 9.52 Å². The van der Waals surface area contributed by atoms with E-state index in [4.69, 9.17) is 11.6 Å². The highest BCUT2D eigenvalue weighted by Crippen LogP contribution is 2.30. The lowest BCUT2D eigenvalue weighted by molar-refractivity contribution is -0.608. The van der Waals surface area contributed by atoms with E-state index in [0.717, 1.165) is 59.6 Å². The Labute approximate surface area is 255 Å². The predicted molar refractivity (Wildman–Crippen MR) is 165 cm³/mol. The number of tetrazole rings is 1. The Balaban J connectivity index is 1.45. The number of ketones is 1. The molecule has 0 aliphatic rings. The molecule has 0 saturated heterocycles. The van der Waals surface area contributed by atoms with Gasteiger partial charge >= 0.3 is 0 Å². The van der Waals surface area contributed by atoms with Crippen molar-refractivity contribution in [3.8, 4) is 22.5 Å². The van der Waals surface area contributed by atoms with Gasteiger partial charge in [-0.1, -0.05) is 87.3 Å². The van der Waals surface area contributed by atoms with Crippen LogP contribution >= 0.6 is 11.6 Å². The van der Waals surface area contributed by atoms with E-state index >= 15 is 0 Å². The third-order valence-electron chi connectivity index (χ3n) is 7.60. The second-order valence-electron chi connectivity index (χ2n) is 10.4. The van der Waals surface area contributed by atoms with Gasteiger partial charge in [-0.25, -0.2) is 4.98 Å². The molecule has 5 rings (SSSR count). The first-order valence-electron chi connectivity index (χ1n) is 14.6. The van der Waals surface area contributed by atoms with Crippen molar-refractivity contribution in [2.24, 2.45) is 0 Å². The number of aromatic nitrogens is 7. The number of hydrogen-bond acceptors (Lipinski definition) is 7. The Morgan fingerprint density at radius 2 is 1.72 bits per heavy atom. The lowest BCUT2D eigenvalue weighted by Gasteiger charge is -2.17. The Hall–Kier alpha value is -4.41. The zero-order valence-electron chi connectivity index (χ0n) is 24.6. The number of halogens is 1. The molecule has 222 valence electrons. The third kappa shape index (κ3) is 6.65. The summed E-state index contributed by atoms with van der Waals surface area (Å²) in [4.78, 5) is 20.6. The summed E-state index contributed by atoms with van der Waals surface area (Å²) in [6.07, 6.45) is 4.01. The molecule has 10 nitrogen and oxygen atoms in total. The van der Waals surface area contributed by atoms with E-state index < -0.39 is 5.78 Å². The summed E-state index contributed by atoms with van der Waals surface area (Å²) in [5.41, 5.74) is 4.89. The van der Waals surface area contributed by atoms with Crippen molar-refractivity contribution in [2.75, 3.05) is 13.1 Å². The maximum atomic E-state index is 13.8. The van der Waals surface area contributed by atoms with Crippen LogP contribution in [0.3, 0.4) is 0 Å². The van der Waals surface area contributed by atoms with Crippen molar-refractivity contribution in [1.82, 2.24) is 35.1 Å². The number of aromatic amines is 1. The van der Waals surface area contributed by atoms with Gasteiger partial charge in [-0.2, -0.15) is 9.94 Å². The summed E-state index contributed by atoms with van der Waals surface area (Å²) in [5.74, 6) is 0.792. The quantitative estimate of drug-likeness (QED) is 0.108. The summed E-state index contributed by atoms with van der Waals surface area (Å²) in [6, 6.07) is 19.4. The van der Waals surface area contributed by atoms with Gasteiger partial charge in [0.15, 0.2) is 11.3 Å². The molecule has 0 unspecified atom stereocenters. The van der Waals surface area contributed by atoms with Crippen LogP contribution in [0.2, 0.25) is 5.15 Å². The first kappa shape index (κ1) is 30.1. The Bertz CT molecular complexity index is 1680. The third-order valence-corrected chi connectivity index (χ3v) is 7.86. The van der Waals surface area contributed by atoms with Gasteiger partial charge in [0.25, 0.3) is 11.5 Å². The number of nitrogens with zero attached hydrogens (tertiary/aromatic N) is 7. The van der Waals surface area contributed by atoms with Gasteiger partial charge in [-0.05, 0) is 47.5 Å². The van der Waals surface area contributed by atoms with Crippen LogP contribution in [0.1, 0.15) is 66.7 Å². The van der Waals surface area contributed by atoms with Gasteiger partial charge in [-0.15, -0.1) is 10.2 Å². The molecule has 0 atom stereocenters. The molecule has 0 fully saturated rings. The van der Waals surface area contributed by atoms with Gasteiger partial charge in [0.05, 0.1) is 0 Å². The Morgan fingerprint density at radius 3 is 2.37 bits per heavy atom. The first-order chi connectivity index (χ1) is 20.9. The average Bonchev–Trinajstić information content (AvgIpc) is 3.67. The van der Waals surface area contributed by atoms with Crippen LogP contribution in [-0.4, -0.2) is 53.9 Å². The van der Waals surface area contributed by atoms with Gasteiger partial charge in [-0.3, -0.25) is 9.69 Å². The van der Waals surface area contributed by atoms with E-state index in [9.17, 15) is 10.0 Å². The molecule has 3 aromatic heterocycles. The maximum Gasteiger partial charge on any atom is 0.277 e. The molecule has 3 heterocycles. The van der Waals surface area contributed by atoms with E-state index in [1.807, 2.05) is 59.2 Å². The zero-order chi connectivity index (χ0) is 30.3. The number of unbranched alkanes of at least 4 members (excludes halogenated alkanes) is 1. The summed E-state index contributed by atoms with van der Waals surface area (Å²) in [6.45, 7) is 9.02. The van der Waals surface area contributed by atoms with Crippen LogP contribution in [0.15, 0.2) is 66.9 Å². The SMILES string of the molecule is CCCCc1nc(Cl)c(C(=O)c2ccc(CN(CC)CC)c[n+]2[O-])n1Cc1ccc(-c2ccccc2-c2nn[nH]n2)cc1. The Morgan fingerprint density at radius 1 is 1.00 bits per heavy atom. The van der Waals surface area contributed by atoms with Crippen molar-refractivity contribution in [2.45, 2.75) is 53.1 Å². The van der Waals surface area contributed by atoms with E-state index in [1.165, 1.54) is 6.20 Å². The fourth-order valence-electron chi connectivity index (χ4n) is 5.18. The molecular weight excluding hydrogens is 564 g/mol. The van der Waals surface area contributed by atoms with Crippen LogP contribution in [-0.2, 0) is 19.5 Å². The highest BCUT2D eigenvalue weighted by molar-refractivity contribution is 6.33. The Kier molecular flexibility index (Phi) is 9.58. The van der Waals surface area contributed by atoms with Crippen LogP contribution in [0.25, 0.3) is 22.5 Å². The highest BCUT2D eigenvalue weighted by atomic mass is 35.5. The van der Waals surface area contributed by atoms with Gasteiger partial charge in [0, 0.05) is 36.7 Å². The number of hydrogen-bond donors (Lipinski definition) is 1. The lowest BCUT2D eigenvalue weighted by Crippen LogP contribution is -2.36. The van der Waals surface area contributed by atoms with Crippen LogP contribution < -0.4 is 4.73 Å². The number of H-pyrrole nitrogens is 1. The second kappa shape index (κ2) is 13.7. The number of carbonyl (C=O) groups is 1. The largest absolute Gasteiger partial charge is 0.618 e. The van der Waals surface area contributed by atoms with Gasteiger partial charge < -0.3 is 9.77 Å². The molecular formula is C32H35ClN8O2. The number of imidazole rings is 1. The number of pyridine rings is 1. The molecule has 11 heteroatoms. The van der Waals surface area contributed by atoms with E-state index in [0.29, 0.717) is 30.1 Å². The van der Waals surface area contributed by atoms with Gasteiger partial charge in [0.1, 0.15) is 11.5 Å². The highest BCUT2D eigenvalue weighted by Gasteiger charge is 2.28. The first-order valence-corrected chi connectivity index (χ1v) is 15.0. The molecule has 0 saturated carbocycles. The number of aryl methyl sites for hydroxylation is 1. The smallest absolute Gasteiger partial charge is 0.277 e. The van der Waals surface area contributed by atoms with E-state index in [2.05, 4.69) is 51.3 Å². The predicted octanol–water partition coefficient (Wildman–Crippen LogP) is 5.48. The molecule has 43 heavy (non-hydrogen) atoms. The summed E-state index contributed by atoms with van der Waals surface area (Å²) in [5, 5.41) is 27.6. The maximum absolute atomic E-state index is 13.8. The fraction of sp³-hybridized carbons (Fsp3) is 0.312. The van der Waals surface area contributed by atoms with Crippen molar-refractivity contribution in [3.63, 3.8) is 0 Å². The molecule has 0 spiro atoms. The zero-order valence-corrected chi connectivity index (χ0v) is 25.4.